The summed E-state index contributed by atoms with van der Waals surface area (Å²) < 4.78 is 38.3. The molecule has 0 aromatic rings. The molecule has 0 spiro atoms. The largest absolute Gasteiger partial charge is 0.481 e. The van der Waals surface area contributed by atoms with E-state index in [0.29, 0.717) is 0 Å². The molecule has 1 N–H and O–H groups in total. The van der Waals surface area contributed by atoms with Crippen molar-refractivity contribution in [2.45, 2.75) is 56.8 Å². The Labute approximate surface area is 98.6 Å². The highest BCUT2D eigenvalue weighted by Gasteiger charge is 2.45. The number of carboxylic acids is 1. The number of carboxylic acid groups (broad SMARTS) is 1. The van der Waals surface area contributed by atoms with Gasteiger partial charge in [0.2, 0.25) is 0 Å². The Morgan fingerprint density at radius 3 is 2.29 bits per heavy atom. The molecule has 1 aliphatic rings. The molecule has 0 heterocycles. The second-order valence-electron chi connectivity index (χ2n) is 4.61. The van der Waals surface area contributed by atoms with Crippen molar-refractivity contribution in [3.8, 4) is 0 Å². The van der Waals surface area contributed by atoms with E-state index in [1.54, 1.807) is 0 Å². The second-order valence-corrected chi connectivity index (χ2v) is 4.61. The van der Waals surface area contributed by atoms with E-state index < -0.39 is 24.6 Å². The average Bonchev–Trinajstić information content (AvgIpc) is 2.24. The number of hydrogen-bond acceptors (Lipinski definition) is 2. The van der Waals surface area contributed by atoms with E-state index in [2.05, 4.69) is 0 Å². The normalized spacial score (nSPS) is 20.5. The quantitative estimate of drug-likeness (QED) is 0.837. The zero-order valence-electron chi connectivity index (χ0n) is 9.83. The fraction of sp³-hybridized carbons (Fsp3) is 0.909. The van der Waals surface area contributed by atoms with Crippen molar-refractivity contribution < 1.29 is 23.1 Å². The molecule has 6 heteroatoms. The first-order valence-corrected chi connectivity index (χ1v) is 5.83. The summed E-state index contributed by atoms with van der Waals surface area (Å²) in [5, 5.41) is 8.57. The minimum absolute atomic E-state index is 0.144. The predicted molar refractivity (Wildman–Crippen MR) is 56.7 cm³/mol. The highest BCUT2D eigenvalue weighted by molar-refractivity contribution is 5.67. The van der Waals surface area contributed by atoms with E-state index in [0.717, 1.165) is 32.1 Å². The van der Waals surface area contributed by atoms with Crippen molar-refractivity contribution in [3.63, 3.8) is 0 Å². The Bertz CT molecular complexity index is 262. The van der Waals surface area contributed by atoms with Crippen molar-refractivity contribution in [1.29, 1.82) is 0 Å². The van der Waals surface area contributed by atoms with Crippen LogP contribution in [0, 0.1) is 0 Å². The summed E-state index contributed by atoms with van der Waals surface area (Å²) >= 11 is 0. The van der Waals surface area contributed by atoms with Crippen molar-refractivity contribution >= 4 is 5.97 Å². The summed E-state index contributed by atoms with van der Waals surface area (Å²) in [6, 6.07) is -2.02. The first-order valence-electron chi connectivity index (χ1n) is 5.83. The molecular weight excluding hydrogens is 235 g/mol. The van der Waals surface area contributed by atoms with E-state index in [1.165, 1.54) is 11.9 Å². The SMILES string of the molecule is CN(C1CCCCC1)C(CC(=O)O)C(F)(F)F. The molecule has 0 aromatic carbocycles. The highest BCUT2D eigenvalue weighted by atomic mass is 19.4. The molecule has 0 amide bonds. The van der Waals surface area contributed by atoms with Crippen molar-refractivity contribution in [2.24, 2.45) is 0 Å². The third-order valence-corrected chi connectivity index (χ3v) is 3.39. The molecule has 0 aliphatic heterocycles. The molecule has 17 heavy (non-hydrogen) atoms. The second kappa shape index (κ2) is 5.71. The first-order chi connectivity index (χ1) is 7.82. The Morgan fingerprint density at radius 1 is 1.35 bits per heavy atom. The van der Waals surface area contributed by atoms with Crippen LogP contribution >= 0.6 is 0 Å². The number of aliphatic carboxylic acids is 1. The summed E-state index contributed by atoms with van der Waals surface area (Å²) in [7, 11) is 1.39. The van der Waals surface area contributed by atoms with Gasteiger partial charge in [-0.1, -0.05) is 19.3 Å². The van der Waals surface area contributed by atoms with Crippen LogP contribution in [0.1, 0.15) is 38.5 Å². The zero-order chi connectivity index (χ0) is 13.1. The van der Waals surface area contributed by atoms with Crippen LogP contribution in [0.2, 0.25) is 0 Å². The molecule has 1 aliphatic carbocycles. The van der Waals surface area contributed by atoms with Crippen LogP contribution in [0.25, 0.3) is 0 Å². The van der Waals surface area contributed by atoms with Gasteiger partial charge in [0.05, 0.1) is 6.42 Å². The summed E-state index contributed by atoms with van der Waals surface area (Å²) in [6.45, 7) is 0. The number of rotatable bonds is 4. The first kappa shape index (κ1) is 14.3. The lowest BCUT2D eigenvalue weighted by molar-refractivity contribution is -0.193. The monoisotopic (exact) mass is 253 g/mol. The minimum Gasteiger partial charge on any atom is -0.481 e. The smallest absolute Gasteiger partial charge is 0.404 e. The van der Waals surface area contributed by atoms with Crippen LogP contribution in [0.4, 0.5) is 13.2 Å². The van der Waals surface area contributed by atoms with Gasteiger partial charge in [-0.25, -0.2) is 0 Å². The van der Waals surface area contributed by atoms with E-state index >= 15 is 0 Å². The third-order valence-electron chi connectivity index (χ3n) is 3.39. The lowest BCUT2D eigenvalue weighted by Crippen LogP contribution is -2.50. The van der Waals surface area contributed by atoms with Gasteiger partial charge in [-0.2, -0.15) is 13.2 Å². The van der Waals surface area contributed by atoms with E-state index in [4.69, 9.17) is 5.11 Å². The van der Waals surface area contributed by atoms with Crippen molar-refractivity contribution in [1.82, 2.24) is 4.90 Å². The van der Waals surface area contributed by atoms with Crippen LogP contribution in [0.3, 0.4) is 0 Å². The van der Waals surface area contributed by atoms with Crippen LogP contribution in [0.15, 0.2) is 0 Å². The minimum atomic E-state index is -4.48. The van der Waals surface area contributed by atoms with E-state index in [1.807, 2.05) is 0 Å². The summed E-state index contributed by atoms with van der Waals surface area (Å²) in [5.41, 5.74) is 0. The molecule has 0 radical (unpaired) electrons. The molecule has 0 saturated heterocycles. The van der Waals surface area contributed by atoms with Crippen LogP contribution in [-0.2, 0) is 4.79 Å². The highest BCUT2D eigenvalue weighted by Crippen LogP contribution is 2.31. The third kappa shape index (κ3) is 4.18. The van der Waals surface area contributed by atoms with Gasteiger partial charge in [0.1, 0.15) is 6.04 Å². The Kier molecular flexibility index (Phi) is 4.80. The number of alkyl halides is 3. The standard InChI is InChI=1S/C11H18F3NO2/c1-15(8-5-3-2-4-6-8)9(7-10(16)17)11(12,13)14/h8-9H,2-7H2,1H3,(H,16,17). The summed E-state index contributed by atoms with van der Waals surface area (Å²) in [4.78, 5) is 11.7. The van der Waals surface area contributed by atoms with E-state index in [9.17, 15) is 18.0 Å². The molecule has 0 bridgehead atoms. The topological polar surface area (TPSA) is 40.5 Å². The Balaban J connectivity index is 2.70. The molecule has 1 rings (SSSR count). The molecule has 1 fully saturated rings. The van der Waals surface area contributed by atoms with Gasteiger partial charge < -0.3 is 5.11 Å². The van der Waals surface area contributed by atoms with Crippen LogP contribution < -0.4 is 0 Å². The van der Waals surface area contributed by atoms with Gasteiger partial charge in [0.15, 0.2) is 0 Å². The van der Waals surface area contributed by atoms with Gasteiger partial charge >= 0.3 is 12.1 Å². The van der Waals surface area contributed by atoms with Gasteiger partial charge in [-0.15, -0.1) is 0 Å². The van der Waals surface area contributed by atoms with Crippen molar-refractivity contribution in [2.75, 3.05) is 7.05 Å². The zero-order valence-corrected chi connectivity index (χ0v) is 9.83. The molecule has 1 atom stereocenters. The van der Waals surface area contributed by atoms with E-state index in [-0.39, 0.29) is 6.04 Å². The Hall–Kier alpha value is -0.780. The fourth-order valence-electron chi connectivity index (χ4n) is 2.40. The van der Waals surface area contributed by atoms with Gasteiger partial charge in [-0.05, 0) is 19.9 Å². The molecular formula is C11H18F3NO2. The molecule has 1 saturated carbocycles. The van der Waals surface area contributed by atoms with Crippen LogP contribution in [0.5, 0.6) is 0 Å². The summed E-state index contributed by atoms with van der Waals surface area (Å²) in [6.07, 6.45) is -1.01. The number of hydrogen-bond donors (Lipinski definition) is 1. The molecule has 100 valence electrons. The van der Waals surface area contributed by atoms with Gasteiger partial charge in [-0.3, -0.25) is 9.69 Å². The van der Waals surface area contributed by atoms with Crippen molar-refractivity contribution in [3.05, 3.63) is 0 Å². The average molecular weight is 253 g/mol. The molecule has 1 unspecified atom stereocenters. The summed E-state index contributed by atoms with van der Waals surface area (Å²) in [5.74, 6) is -1.41. The van der Waals surface area contributed by atoms with Gasteiger partial charge in [0.25, 0.3) is 0 Å². The van der Waals surface area contributed by atoms with Gasteiger partial charge in [0, 0.05) is 6.04 Å². The maximum atomic E-state index is 12.8. The lowest BCUT2D eigenvalue weighted by Gasteiger charge is -2.37. The Morgan fingerprint density at radius 2 is 1.88 bits per heavy atom. The fourth-order valence-corrected chi connectivity index (χ4v) is 2.40. The lowest BCUT2D eigenvalue weighted by atomic mass is 9.93. The molecule has 0 aromatic heterocycles. The number of carbonyl (C=O) groups is 1. The molecule has 3 nitrogen and oxygen atoms in total. The predicted octanol–water partition coefficient (Wildman–Crippen LogP) is 2.66. The number of halogens is 3. The maximum absolute atomic E-state index is 12.8. The van der Waals surface area contributed by atoms with Crippen LogP contribution in [-0.4, -0.2) is 41.3 Å². The maximum Gasteiger partial charge on any atom is 0.404 e. The number of nitrogens with zero attached hydrogens (tertiary/aromatic N) is 1.